The molecule has 0 heterocycles. The maximum atomic E-state index is 11.8. The third kappa shape index (κ3) is 2.11. The van der Waals surface area contributed by atoms with Gasteiger partial charge in [0.1, 0.15) is 0 Å². The Bertz CT molecular complexity index is 392. The number of carbonyl (C=O) groups is 1. The monoisotopic (exact) mass is 234 g/mol. The minimum atomic E-state index is 0.0711. The summed E-state index contributed by atoms with van der Waals surface area (Å²) in [6.45, 7) is 8.27. The molecule has 2 aliphatic carbocycles. The van der Waals surface area contributed by atoms with Crippen LogP contribution in [0.4, 0.5) is 0 Å². The first-order chi connectivity index (χ1) is 7.98. The van der Waals surface area contributed by atoms with Gasteiger partial charge in [-0.25, -0.2) is 0 Å². The molecule has 2 aliphatic rings. The summed E-state index contributed by atoms with van der Waals surface area (Å²) in [5.41, 5.74) is 3.46. The summed E-state index contributed by atoms with van der Waals surface area (Å²) >= 11 is 0. The van der Waals surface area contributed by atoms with Crippen LogP contribution in [0.25, 0.3) is 0 Å². The van der Waals surface area contributed by atoms with Gasteiger partial charge in [-0.05, 0) is 55.1 Å². The van der Waals surface area contributed by atoms with Crippen LogP contribution in [0.15, 0.2) is 23.3 Å². The average molecular weight is 234 g/mol. The first-order valence-corrected chi connectivity index (χ1v) is 6.50. The van der Waals surface area contributed by atoms with Crippen molar-refractivity contribution in [2.45, 2.75) is 46.0 Å². The van der Waals surface area contributed by atoms with Gasteiger partial charge in [0.25, 0.3) is 0 Å². The third-order valence-corrected chi connectivity index (χ3v) is 4.78. The van der Waals surface area contributed by atoms with E-state index in [1.165, 1.54) is 5.57 Å². The molecule has 2 heteroatoms. The van der Waals surface area contributed by atoms with Crippen LogP contribution in [0.2, 0.25) is 0 Å². The normalized spacial score (nSPS) is 33.6. The summed E-state index contributed by atoms with van der Waals surface area (Å²) in [6, 6.07) is 0. The van der Waals surface area contributed by atoms with Crippen molar-refractivity contribution < 1.29 is 9.90 Å². The highest BCUT2D eigenvalue weighted by Crippen LogP contribution is 2.51. The molecule has 0 unspecified atom stereocenters. The fourth-order valence-electron chi connectivity index (χ4n) is 3.34. The number of Topliss-reactive ketones (excluding diaryl/α,β-unsaturated/α-hetero) is 1. The maximum Gasteiger partial charge on any atom is 0.158 e. The molecule has 0 spiro atoms. The molecule has 1 N–H and O–H groups in total. The molecule has 1 saturated carbocycles. The van der Waals surface area contributed by atoms with Crippen LogP contribution in [0, 0.1) is 11.3 Å². The molecular weight excluding hydrogens is 212 g/mol. The van der Waals surface area contributed by atoms with Gasteiger partial charge in [-0.1, -0.05) is 19.1 Å². The number of rotatable bonds is 2. The zero-order chi connectivity index (χ0) is 12.6. The Balaban J connectivity index is 2.29. The highest BCUT2D eigenvalue weighted by molar-refractivity contribution is 5.96. The van der Waals surface area contributed by atoms with E-state index in [1.807, 2.05) is 6.92 Å². The molecule has 0 bridgehead atoms. The van der Waals surface area contributed by atoms with Crippen molar-refractivity contribution in [1.29, 1.82) is 0 Å². The predicted molar refractivity (Wildman–Crippen MR) is 68.6 cm³/mol. The molecule has 0 aromatic rings. The van der Waals surface area contributed by atoms with Crippen LogP contribution in [0.3, 0.4) is 0 Å². The van der Waals surface area contributed by atoms with Gasteiger partial charge < -0.3 is 5.11 Å². The number of hydrogen-bond acceptors (Lipinski definition) is 2. The first kappa shape index (κ1) is 12.6. The number of allylic oxidation sites excluding steroid dienone is 2. The number of hydrogen-bond donors (Lipinski definition) is 1. The van der Waals surface area contributed by atoms with Crippen molar-refractivity contribution in [2.24, 2.45) is 11.3 Å². The minimum Gasteiger partial charge on any atom is -0.392 e. The van der Waals surface area contributed by atoms with Crippen molar-refractivity contribution in [3.8, 4) is 0 Å². The van der Waals surface area contributed by atoms with E-state index in [1.54, 1.807) is 0 Å². The lowest BCUT2D eigenvalue weighted by atomic mass is 9.61. The summed E-state index contributed by atoms with van der Waals surface area (Å²) in [5.74, 6) is 0.677. The largest absolute Gasteiger partial charge is 0.392 e. The number of ketones is 1. The molecule has 0 aromatic carbocycles. The number of carbonyl (C=O) groups excluding carboxylic acids is 1. The molecule has 0 aliphatic heterocycles. The van der Waals surface area contributed by atoms with Crippen LogP contribution in [-0.2, 0) is 4.79 Å². The van der Waals surface area contributed by atoms with Crippen LogP contribution in [0.5, 0.6) is 0 Å². The van der Waals surface area contributed by atoms with Crippen LogP contribution in [0.1, 0.15) is 46.0 Å². The van der Waals surface area contributed by atoms with Gasteiger partial charge in [0.2, 0.25) is 0 Å². The quantitative estimate of drug-likeness (QED) is 0.746. The smallest absolute Gasteiger partial charge is 0.158 e. The van der Waals surface area contributed by atoms with Gasteiger partial charge in [-0.3, -0.25) is 4.79 Å². The molecule has 0 amide bonds. The minimum absolute atomic E-state index is 0.0711. The van der Waals surface area contributed by atoms with E-state index in [4.69, 9.17) is 0 Å². The lowest BCUT2D eigenvalue weighted by molar-refractivity contribution is -0.117. The molecule has 17 heavy (non-hydrogen) atoms. The van der Waals surface area contributed by atoms with E-state index in [2.05, 4.69) is 13.5 Å². The SMILES string of the molecule is C=C(CO)[C@@H]1CC[C@@]2(C)CCC(=O)C(C)=C2C1. The van der Waals surface area contributed by atoms with Gasteiger partial charge in [0, 0.05) is 6.42 Å². The van der Waals surface area contributed by atoms with E-state index < -0.39 is 0 Å². The van der Waals surface area contributed by atoms with E-state index in [0.29, 0.717) is 18.1 Å². The van der Waals surface area contributed by atoms with E-state index in [9.17, 15) is 9.90 Å². The Labute approximate surface area is 103 Å². The standard InChI is InChI=1S/C15H22O2/c1-10(9-16)12-4-6-15(3)7-5-14(17)11(2)13(15)8-12/h12,16H,1,4-9H2,2-3H3/t12-,15+/m1/s1. The zero-order valence-corrected chi connectivity index (χ0v) is 10.9. The number of aliphatic hydroxyl groups is 1. The van der Waals surface area contributed by atoms with Gasteiger partial charge in [0.15, 0.2) is 5.78 Å². The molecule has 94 valence electrons. The van der Waals surface area contributed by atoms with Gasteiger partial charge >= 0.3 is 0 Å². The molecule has 1 fully saturated rings. The molecular formula is C15H22O2. The highest BCUT2D eigenvalue weighted by atomic mass is 16.3. The Hall–Kier alpha value is -0.890. The summed E-state index contributed by atoms with van der Waals surface area (Å²) in [4.78, 5) is 11.8. The van der Waals surface area contributed by atoms with Crippen molar-refractivity contribution in [2.75, 3.05) is 6.61 Å². The topological polar surface area (TPSA) is 37.3 Å². The van der Waals surface area contributed by atoms with E-state index >= 15 is 0 Å². The van der Waals surface area contributed by atoms with Crippen molar-refractivity contribution in [1.82, 2.24) is 0 Å². The van der Waals surface area contributed by atoms with Crippen molar-refractivity contribution in [3.05, 3.63) is 23.3 Å². The van der Waals surface area contributed by atoms with Gasteiger partial charge in [-0.2, -0.15) is 0 Å². The van der Waals surface area contributed by atoms with Crippen molar-refractivity contribution in [3.63, 3.8) is 0 Å². The lowest BCUT2D eigenvalue weighted by Crippen LogP contribution is -2.34. The third-order valence-electron chi connectivity index (χ3n) is 4.78. The second kappa shape index (κ2) is 4.41. The van der Waals surface area contributed by atoms with Crippen LogP contribution in [-0.4, -0.2) is 17.5 Å². The second-order valence-corrected chi connectivity index (χ2v) is 5.84. The fraction of sp³-hybridized carbons (Fsp3) is 0.667. The number of fused-ring (bicyclic) bond motifs is 1. The second-order valence-electron chi connectivity index (χ2n) is 5.84. The Morgan fingerprint density at radius 2 is 2.24 bits per heavy atom. The predicted octanol–water partition coefficient (Wildman–Crippen LogP) is 3.02. The Kier molecular flexibility index (Phi) is 3.26. The number of aliphatic hydroxyl groups excluding tert-OH is 1. The molecule has 2 atom stereocenters. The Morgan fingerprint density at radius 3 is 2.88 bits per heavy atom. The van der Waals surface area contributed by atoms with Crippen molar-refractivity contribution >= 4 is 5.78 Å². The van der Waals surface area contributed by atoms with Gasteiger partial charge in [0.05, 0.1) is 6.61 Å². The van der Waals surface area contributed by atoms with Crippen LogP contribution < -0.4 is 0 Å². The summed E-state index contributed by atoms with van der Waals surface area (Å²) < 4.78 is 0. The lowest BCUT2D eigenvalue weighted by Gasteiger charge is -2.44. The first-order valence-electron chi connectivity index (χ1n) is 6.50. The fourth-order valence-corrected chi connectivity index (χ4v) is 3.34. The molecule has 0 radical (unpaired) electrons. The molecule has 0 aromatic heterocycles. The summed E-state index contributed by atoms with van der Waals surface area (Å²) in [5, 5.41) is 9.18. The van der Waals surface area contributed by atoms with Crippen LogP contribution >= 0.6 is 0 Å². The summed E-state index contributed by atoms with van der Waals surface area (Å²) in [6.07, 6.45) is 4.85. The summed E-state index contributed by atoms with van der Waals surface area (Å²) in [7, 11) is 0. The van der Waals surface area contributed by atoms with E-state index in [-0.39, 0.29) is 12.0 Å². The molecule has 2 rings (SSSR count). The molecule has 0 saturated heterocycles. The Morgan fingerprint density at radius 1 is 1.53 bits per heavy atom. The van der Waals surface area contributed by atoms with E-state index in [0.717, 1.165) is 36.8 Å². The zero-order valence-electron chi connectivity index (χ0n) is 10.9. The van der Waals surface area contributed by atoms with Gasteiger partial charge in [-0.15, -0.1) is 0 Å². The maximum absolute atomic E-state index is 11.8. The highest BCUT2D eigenvalue weighted by Gasteiger charge is 2.40. The average Bonchev–Trinajstić information content (AvgIpc) is 2.33. The molecule has 2 nitrogen and oxygen atoms in total.